The Bertz CT molecular complexity index is 95.7. The maximum atomic E-state index is 2.41. The molecule has 2 heteroatoms. The number of hydrogen-bond donors (Lipinski definition) is 0. The summed E-state index contributed by atoms with van der Waals surface area (Å²) in [5.74, 6) is 0. The molecule has 0 spiro atoms. The van der Waals surface area contributed by atoms with Gasteiger partial charge in [-0.2, -0.15) is 0 Å². The van der Waals surface area contributed by atoms with E-state index in [4.69, 9.17) is 0 Å². The Morgan fingerprint density at radius 2 is 0.714 bits per heavy atom. The van der Waals surface area contributed by atoms with Crippen molar-refractivity contribution in [3.05, 3.63) is 0 Å². The summed E-state index contributed by atoms with van der Waals surface area (Å²) in [5, 5.41) is 0. The molecule has 0 unspecified atom stereocenters. The average molecular weight is 412 g/mol. The van der Waals surface area contributed by atoms with Crippen molar-refractivity contribution < 1.29 is 0 Å². The Morgan fingerprint density at radius 1 is 0.571 bits per heavy atom. The van der Waals surface area contributed by atoms with E-state index in [1.54, 1.807) is 0 Å². The topological polar surface area (TPSA) is 0 Å². The van der Waals surface area contributed by atoms with Gasteiger partial charge in [0, 0.05) is 0 Å². The normalized spacial score (nSPS) is 11.6. The zero-order valence-corrected chi connectivity index (χ0v) is 17.4. The van der Waals surface area contributed by atoms with E-state index in [0.717, 1.165) is 11.8 Å². The van der Waals surface area contributed by atoms with Gasteiger partial charge in [-0.1, -0.05) is 0 Å². The van der Waals surface area contributed by atoms with Crippen molar-refractivity contribution in [3.63, 3.8) is 0 Å². The second kappa shape index (κ2) is 9.80. The second-order valence-corrected chi connectivity index (χ2v) is 26.8. The predicted octanol–water partition coefficient (Wildman–Crippen LogP) is 5.08. The van der Waals surface area contributed by atoms with Crippen molar-refractivity contribution in [3.8, 4) is 0 Å². The van der Waals surface area contributed by atoms with Crippen LogP contribution in [0.5, 0.6) is 0 Å². The van der Waals surface area contributed by atoms with Crippen molar-refractivity contribution in [2.24, 2.45) is 0 Å². The maximum absolute atomic E-state index is 2.41. The summed E-state index contributed by atoms with van der Waals surface area (Å²) >= 11 is -1.56. The Kier molecular flexibility index (Phi) is 12.6. The molecule has 0 aromatic carbocycles. The summed E-state index contributed by atoms with van der Waals surface area (Å²) < 4.78 is 3.09. The van der Waals surface area contributed by atoms with Crippen LogP contribution in [0.4, 0.5) is 0 Å². The molecule has 0 nitrogen and oxygen atoms in total. The summed E-state index contributed by atoms with van der Waals surface area (Å²) in [6.45, 7) is 14.5. The summed E-state index contributed by atoms with van der Waals surface area (Å²) in [7, 11) is 0. The first-order valence-corrected chi connectivity index (χ1v) is 19.3. The predicted molar refractivity (Wildman–Crippen MR) is 74.4 cm³/mol. The first-order chi connectivity index (χ1) is 6.20. The van der Waals surface area contributed by atoms with Crippen molar-refractivity contribution in [2.75, 3.05) is 0 Å². The molecule has 0 heterocycles. The molecule has 0 aliphatic heterocycles. The fraction of sp³-hybridized carbons (Fsp3) is 1.00. The molecule has 0 rings (SSSR count). The first kappa shape index (κ1) is 18.0. The second-order valence-electron chi connectivity index (χ2n) is 5.46. The van der Waals surface area contributed by atoms with Crippen molar-refractivity contribution in [2.45, 2.75) is 68.2 Å². The van der Waals surface area contributed by atoms with Crippen molar-refractivity contribution in [1.82, 2.24) is 0 Å². The Morgan fingerprint density at radius 3 is 0.714 bits per heavy atom. The van der Waals surface area contributed by atoms with Crippen molar-refractivity contribution in [1.29, 1.82) is 0 Å². The molecule has 0 atom stereocenters. The van der Waals surface area contributed by atoms with E-state index in [1.807, 2.05) is 0 Å². The third-order valence-electron chi connectivity index (χ3n) is 2.00. The van der Waals surface area contributed by atoms with E-state index >= 15 is 0 Å². The SMILES string of the molecule is C[CH](C)[Sn]([CH](C)C)[CH](C)C.[CH3][Sn]([CH3])[CH3]. The summed E-state index contributed by atoms with van der Waals surface area (Å²) in [6, 6.07) is 0. The van der Waals surface area contributed by atoms with Crippen LogP contribution in [0, 0.1) is 0 Å². The number of rotatable bonds is 3. The van der Waals surface area contributed by atoms with E-state index in [1.165, 1.54) is 0 Å². The van der Waals surface area contributed by atoms with Crippen LogP contribution in [-0.2, 0) is 0 Å². The zero-order chi connectivity index (χ0) is 11.9. The van der Waals surface area contributed by atoms with Crippen LogP contribution in [0.15, 0.2) is 0 Å². The standard InChI is InChI=1S/3C3H7.3CH3.2Sn/c3*1-3-2;;;;;/h3*3H,1-2H3;3*1H3;;. The van der Waals surface area contributed by atoms with E-state index in [-0.39, 0.29) is 0 Å². The van der Waals surface area contributed by atoms with Gasteiger partial charge in [0.2, 0.25) is 0 Å². The van der Waals surface area contributed by atoms with Gasteiger partial charge >= 0.3 is 108 Å². The van der Waals surface area contributed by atoms with Gasteiger partial charge in [-0.15, -0.1) is 0 Å². The van der Waals surface area contributed by atoms with Gasteiger partial charge in [-0.25, -0.2) is 0 Å². The van der Waals surface area contributed by atoms with Crippen LogP contribution in [-0.4, -0.2) is 39.5 Å². The first-order valence-electron chi connectivity index (χ1n) is 5.83. The number of hydrogen-bond acceptors (Lipinski definition) is 0. The Hall–Kier alpha value is 1.60. The van der Waals surface area contributed by atoms with Crippen LogP contribution >= 0.6 is 0 Å². The molecule has 0 saturated heterocycles. The molecule has 0 N–H and O–H groups in total. The fourth-order valence-corrected chi connectivity index (χ4v) is 13.4. The van der Waals surface area contributed by atoms with E-state index < -0.39 is 39.5 Å². The average Bonchev–Trinajstić information content (AvgIpc) is 1.80. The summed E-state index contributed by atoms with van der Waals surface area (Å²) in [5.41, 5.74) is 0. The van der Waals surface area contributed by atoms with Gasteiger partial charge in [0.25, 0.3) is 0 Å². The molecule has 2 radical (unpaired) electrons. The van der Waals surface area contributed by atoms with Gasteiger partial charge in [0.15, 0.2) is 0 Å². The molecule has 0 aromatic rings. The van der Waals surface area contributed by atoms with Gasteiger partial charge in [0.05, 0.1) is 0 Å². The molecule has 0 saturated carbocycles. The minimum atomic E-state index is -1.01. The van der Waals surface area contributed by atoms with E-state index in [0.29, 0.717) is 0 Å². The molecule has 0 aliphatic rings. The van der Waals surface area contributed by atoms with Crippen molar-refractivity contribution >= 4 is 39.5 Å². The molecular formula is C12H30Sn2. The van der Waals surface area contributed by atoms with E-state index in [9.17, 15) is 0 Å². The van der Waals surface area contributed by atoms with Gasteiger partial charge in [-0.3, -0.25) is 0 Å². The monoisotopic (exact) mass is 414 g/mol. The molecule has 86 valence electrons. The molecule has 0 fully saturated rings. The van der Waals surface area contributed by atoms with Gasteiger partial charge < -0.3 is 0 Å². The third kappa shape index (κ3) is 11.7. The minimum absolute atomic E-state index is 0.543. The fourth-order valence-electron chi connectivity index (χ4n) is 2.00. The summed E-state index contributed by atoms with van der Waals surface area (Å²) in [6.07, 6.45) is 0. The van der Waals surface area contributed by atoms with Crippen LogP contribution in [0.2, 0.25) is 26.6 Å². The van der Waals surface area contributed by atoms with Crippen LogP contribution in [0.25, 0.3) is 0 Å². The summed E-state index contributed by atoms with van der Waals surface area (Å²) in [4.78, 5) is 7.09. The van der Waals surface area contributed by atoms with E-state index in [2.05, 4.69) is 56.4 Å². The molecule has 0 amide bonds. The molecule has 14 heavy (non-hydrogen) atoms. The molecular weight excluding hydrogens is 382 g/mol. The molecule has 0 bridgehead atoms. The third-order valence-corrected chi connectivity index (χ3v) is 13.4. The van der Waals surface area contributed by atoms with Gasteiger partial charge in [0.1, 0.15) is 0 Å². The Labute approximate surface area is 107 Å². The van der Waals surface area contributed by atoms with Gasteiger partial charge in [-0.05, 0) is 0 Å². The molecule has 0 aliphatic carbocycles. The molecule has 0 aromatic heterocycles. The Balaban J connectivity index is 0. The van der Waals surface area contributed by atoms with Crippen LogP contribution in [0.3, 0.4) is 0 Å². The quantitative estimate of drug-likeness (QED) is 0.568. The van der Waals surface area contributed by atoms with Crippen LogP contribution < -0.4 is 0 Å². The van der Waals surface area contributed by atoms with Crippen LogP contribution in [0.1, 0.15) is 41.5 Å². The zero-order valence-electron chi connectivity index (χ0n) is 11.7.